The number of halogens is 1. The van der Waals surface area contributed by atoms with Gasteiger partial charge in [-0.2, -0.15) is 5.10 Å². The second-order valence-corrected chi connectivity index (χ2v) is 4.76. The van der Waals surface area contributed by atoms with Gasteiger partial charge in [0, 0.05) is 19.9 Å². The number of anilines is 1. The lowest BCUT2D eigenvalue weighted by Crippen LogP contribution is -2.28. The number of nitrogens with zero attached hydrogens (tertiary/aromatic N) is 2. The van der Waals surface area contributed by atoms with E-state index in [4.69, 9.17) is 10.5 Å². The molecule has 0 saturated carbocycles. The van der Waals surface area contributed by atoms with Crippen LogP contribution >= 0.6 is 12.4 Å². The largest absolute Gasteiger partial charge is 0.380 e. The fourth-order valence-corrected chi connectivity index (χ4v) is 1.97. The highest BCUT2D eigenvalue weighted by Crippen LogP contribution is 2.09. The highest BCUT2D eigenvalue weighted by Gasteiger charge is 2.12. The van der Waals surface area contributed by atoms with Crippen molar-refractivity contribution in [3.8, 4) is 0 Å². The Labute approximate surface area is 136 Å². The van der Waals surface area contributed by atoms with Crippen LogP contribution in [0.15, 0.2) is 42.7 Å². The molecule has 1 unspecified atom stereocenters. The van der Waals surface area contributed by atoms with Crippen molar-refractivity contribution in [2.24, 2.45) is 5.73 Å². The molecule has 1 amide bonds. The van der Waals surface area contributed by atoms with Crippen LogP contribution in [-0.2, 0) is 16.1 Å². The van der Waals surface area contributed by atoms with E-state index in [0.717, 1.165) is 5.56 Å². The Hall–Kier alpha value is -1.89. The quantitative estimate of drug-likeness (QED) is 0.811. The molecular weight excluding hydrogens is 304 g/mol. The Bertz CT molecular complexity index is 570. The summed E-state index contributed by atoms with van der Waals surface area (Å²) in [5.41, 5.74) is 7.32. The van der Waals surface area contributed by atoms with Gasteiger partial charge in [0.1, 0.15) is 0 Å². The Morgan fingerprint density at radius 2 is 2.14 bits per heavy atom. The molecule has 7 heteroatoms. The molecule has 1 aromatic heterocycles. The summed E-state index contributed by atoms with van der Waals surface area (Å²) in [6, 6.07) is 10.0. The van der Waals surface area contributed by atoms with E-state index >= 15 is 0 Å². The molecule has 0 radical (unpaired) electrons. The highest BCUT2D eigenvalue weighted by atomic mass is 35.5. The molecule has 0 aliphatic heterocycles. The van der Waals surface area contributed by atoms with E-state index in [1.54, 1.807) is 24.2 Å². The maximum Gasteiger partial charge on any atom is 0.227 e. The van der Waals surface area contributed by atoms with Crippen molar-refractivity contribution in [3.05, 3.63) is 48.3 Å². The molecule has 0 aliphatic rings. The first-order valence-electron chi connectivity index (χ1n) is 6.80. The molecule has 1 aromatic carbocycles. The zero-order chi connectivity index (χ0) is 15.1. The molecule has 0 spiro atoms. The predicted molar refractivity (Wildman–Crippen MR) is 88.1 cm³/mol. The lowest BCUT2D eigenvalue weighted by molar-refractivity contribution is -0.118. The minimum atomic E-state index is -0.260. The number of hydrogen-bond donors (Lipinski definition) is 2. The number of methoxy groups -OCH3 is 1. The number of carbonyl (C=O) groups is 1. The average molecular weight is 325 g/mol. The molecular formula is C15H21ClN4O2. The first kappa shape index (κ1) is 18.2. The Morgan fingerprint density at radius 1 is 1.41 bits per heavy atom. The Morgan fingerprint density at radius 3 is 2.77 bits per heavy atom. The van der Waals surface area contributed by atoms with E-state index in [0.29, 0.717) is 18.8 Å². The zero-order valence-electron chi connectivity index (χ0n) is 12.4. The van der Waals surface area contributed by atoms with Crippen molar-refractivity contribution >= 4 is 24.0 Å². The minimum Gasteiger partial charge on any atom is -0.380 e. The van der Waals surface area contributed by atoms with E-state index in [1.165, 1.54) is 0 Å². The van der Waals surface area contributed by atoms with Gasteiger partial charge >= 0.3 is 0 Å². The summed E-state index contributed by atoms with van der Waals surface area (Å²) in [6.07, 6.45) is 3.40. The fourth-order valence-electron chi connectivity index (χ4n) is 1.97. The molecule has 3 N–H and O–H groups in total. The SMILES string of the molecule is COC(CN)CC(=O)Nc1cnn(Cc2ccccc2)c1.Cl. The number of nitrogens with two attached hydrogens (primary N) is 1. The van der Waals surface area contributed by atoms with E-state index in [2.05, 4.69) is 10.4 Å². The van der Waals surface area contributed by atoms with Crippen molar-refractivity contribution in [2.75, 3.05) is 19.0 Å². The van der Waals surface area contributed by atoms with Gasteiger partial charge in [0.2, 0.25) is 5.91 Å². The second kappa shape index (κ2) is 9.19. The summed E-state index contributed by atoms with van der Waals surface area (Å²) < 4.78 is 6.86. The van der Waals surface area contributed by atoms with E-state index in [9.17, 15) is 4.79 Å². The van der Waals surface area contributed by atoms with Crippen LogP contribution < -0.4 is 11.1 Å². The van der Waals surface area contributed by atoms with Gasteiger partial charge in [-0.3, -0.25) is 9.48 Å². The van der Waals surface area contributed by atoms with E-state index < -0.39 is 0 Å². The number of benzene rings is 1. The van der Waals surface area contributed by atoms with Crippen molar-refractivity contribution in [3.63, 3.8) is 0 Å². The van der Waals surface area contributed by atoms with Gasteiger partial charge in [-0.25, -0.2) is 0 Å². The van der Waals surface area contributed by atoms with Gasteiger partial charge < -0.3 is 15.8 Å². The highest BCUT2D eigenvalue weighted by molar-refractivity contribution is 5.90. The Kier molecular flexibility index (Phi) is 7.59. The number of amides is 1. The molecule has 1 heterocycles. The summed E-state index contributed by atoms with van der Waals surface area (Å²) in [4.78, 5) is 11.8. The first-order valence-corrected chi connectivity index (χ1v) is 6.80. The normalized spacial score (nSPS) is 11.5. The molecule has 22 heavy (non-hydrogen) atoms. The van der Waals surface area contributed by atoms with Gasteiger partial charge in [-0.15, -0.1) is 12.4 Å². The van der Waals surface area contributed by atoms with Gasteiger partial charge in [0.15, 0.2) is 0 Å². The monoisotopic (exact) mass is 324 g/mol. The van der Waals surface area contributed by atoms with Crippen molar-refractivity contribution < 1.29 is 9.53 Å². The summed E-state index contributed by atoms with van der Waals surface area (Å²) in [7, 11) is 1.54. The van der Waals surface area contributed by atoms with Crippen LogP contribution in [-0.4, -0.2) is 35.4 Å². The van der Waals surface area contributed by atoms with Crippen molar-refractivity contribution in [2.45, 2.75) is 19.1 Å². The molecule has 120 valence electrons. The second-order valence-electron chi connectivity index (χ2n) is 4.76. The van der Waals surface area contributed by atoms with Gasteiger partial charge in [-0.05, 0) is 5.56 Å². The predicted octanol–water partition coefficient (Wildman–Crippen LogP) is 1.66. The lowest BCUT2D eigenvalue weighted by Gasteiger charge is -2.11. The van der Waals surface area contributed by atoms with Gasteiger partial charge in [-0.1, -0.05) is 30.3 Å². The summed E-state index contributed by atoms with van der Waals surface area (Å²) in [5.74, 6) is -0.133. The topological polar surface area (TPSA) is 82.2 Å². The third kappa shape index (κ3) is 5.48. The lowest BCUT2D eigenvalue weighted by atomic mass is 10.2. The minimum absolute atomic E-state index is 0. The standard InChI is InChI=1S/C15H20N4O2.ClH/c1-21-14(8-16)7-15(20)18-13-9-17-19(11-13)10-12-5-3-2-4-6-12;/h2-6,9,11,14H,7-8,10,16H2,1H3,(H,18,20);1H. The molecule has 1 atom stereocenters. The molecule has 6 nitrogen and oxygen atoms in total. The van der Waals surface area contributed by atoms with Crippen molar-refractivity contribution in [1.29, 1.82) is 0 Å². The fraction of sp³-hybridized carbons (Fsp3) is 0.333. The summed E-state index contributed by atoms with van der Waals surface area (Å²) in [6.45, 7) is 0.984. The van der Waals surface area contributed by atoms with Gasteiger partial charge in [0.05, 0.1) is 31.0 Å². The number of aromatic nitrogens is 2. The first-order chi connectivity index (χ1) is 10.2. The zero-order valence-corrected chi connectivity index (χ0v) is 13.3. The van der Waals surface area contributed by atoms with Crippen LogP contribution in [0, 0.1) is 0 Å². The number of nitrogens with one attached hydrogen (secondary N) is 1. The van der Waals surface area contributed by atoms with Gasteiger partial charge in [0.25, 0.3) is 0 Å². The average Bonchev–Trinajstić information content (AvgIpc) is 2.92. The smallest absolute Gasteiger partial charge is 0.227 e. The van der Waals surface area contributed by atoms with Crippen LogP contribution in [0.1, 0.15) is 12.0 Å². The third-order valence-corrected chi connectivity index (χ3v) is 3.11. The third-order valence-electron chi connectivity index (χ3n) is 3.11. The molecule has 2 aromatic rings. The number of ether oxygens (including phenoxy) is 1. The summed E-state index contributed by atoms with van der Waals surface area (Å²) in [5, 5.41) is 7.02. The molecule has 0 aliphatic carbocycles. The van der Waals surface area contributed by atoms with Crippen LogP contribution in [0.25, 0.3) is 0 Å². The summed E-state index contributed by atoms with van der Waals surface area (Å²) >= 11 is 0. The van der Waals surface area contributed by atoms with Crippen LogP contribution in [0.3, 0.4) is 0 Å². The number of rotatable bonds is 7. The van der Waals surface area contributed by atoms with Crippen LogP contribution in [0.2, 0.25) is 0 Å². The van der Waals surface area contributed by atoms with E-state index in [1.807, 2.05) is 30.3 Å². The van der Waals surface area contributed by atoms with E-state index in [-0.39, 0.29) is 30.8 Å². The number of carbonyl (C=O) groups excluding carboxylic acids is 1. The Balaban J connectivity index is 0.00000242. The molecule has 2 rings (SSSR count). The molecule has 0 fully saturated rings. The van der Waals surface area contributed by atoms with Crippen LogP contribution in [0.4, 0.5) is 5.69 Å². The maximum absolute atomic E-state index is 11.8. The maximum atomic E-state index is 11.8. The van der Waals surface area contributed by atoms with Crippen molar-refractivity contribution in [1.82, 2.24) is 9.78 Å². The van der Waals surface area contributed by atoms with Crippen LogP contribution in [0.5, 0.6) is 0 Å². The molecule has 0 saturated heterocycles. The number of hydrogen-bond acceptors (Lipinski definition) is 4. The molecule has 0 bridgehead atoms.